The zero-order valence-electron chi connectivity index (χ0n) is 7.81. The quantitative estimate of drug-likeness (QED) is 0.691. The highest BCUT2D eigenvalue weighted by Gasteiger charge is 2.12. The summed E-state index contributed by atoms with van der Waals surface area (Å²) in [5, 5.41) is 9.38. The maximum Gasteiger partial charge on any atom is 0.155 e. The zero-order valence-corrected chi connectivity index (χ0v) is 8.57. The molecule has 0 heterocycles. The molecule has 0 aliphatic carbocycles. The third-order valence-electron chi connectivity index (χ3n) is 2.07. The number of hydrogen-bond acceptors (Lipinski definition) is 2. The first-order chi connectivity index (χ1) is 6.11. The van der Waals surface area contributed by atoms with Gasteiger partial charge in [-0.2, -0.15) is 5.26 Å². The van der Waals surface area contributed by atoms with Crippen molar-refractivity contribution in [2.75, 3.05) is 7.11 Å². The van der Waals surface area contributed by atoms with Gasteiger partial charge in [0.2, 0.25) is 0 Å². The maximum absolute atomic E-state index is 8.89. The van der Waals surface area contributed by atoms with Crippen molar-refractivity contribution in [3.63, 3.8) is 0 Å². The first-order valence-corrected chi connectivity index (χ1v) is 4.23. The van der Waals surface area contributed by atoms with Crippen LogP contribution in [0.3, 0.4) is 0 Å². The van der Waals surface area contributed by atoms with Gasteiger partial charge in [0.1, 0.15) is 6.07 Å². The first kappa shape index (κ1) is 9.88. The van der Waals surface area contributed by atoms with Crippen molar-refractivity contribution in [3.8, 4) is 11.8 Å². The van der Waals surface area contributed by atoms with Gasteiger partial charge in [-0.05, 0) is 31.0 Å². The fourth-order valence-electron chi connectivity index (χ4n) is 1.18. The summed E-state index contributed by atoms with van der Waals surface area (Å²) in [5.74, 6) is 0.465. The van der Waals surface area contributed by atoms with Gasteiger partial charge in [-0.1, -0.05) is 11.6 Å². The van der Waals surface area contributed by atoms with Crippen molar-refractivity contribution in [2.45, 2.75) is 13.8 Å². The lowest BCUT2D eigenvalue weighted by Gasteiger charge is -2.09. The molecule has 1 aromatic carbocycles. The lowest BCUT2D eigenvalue weighted by atomic mass is 10.0. The minimum atomic E-state index is 0.465. The van der Waals surface area contributed by atoms with Crippen molar-refractivity contribution in [1.82, 2.24) is 0 Å². The van der Waals surface area contributed by atoms with E-state index in [1.54, 1.807) is 6.07 Å². The topological polar surface area (TPSA) is 33.0 Å². The average molecular weight is 196 g/mol. The summed E-state index contributed by atoms with van der Waals surface area (Å²) in [6, 6.07) is 3.89. The average Bonchev–Trinajstić information content (AvgIpc) is 2.10. The Morgan fingerprint density at radius 2 is 2.08 bits per heavy atom. The Hall–Kier alpha value is -1.20. The van der Waals surface area contributed by atoms with Gasteiger partial charge in [0.05, 0.1) is 17.7 Å². The van der Waals surface area contributed by atoms with Gasteiger partial charge in [0.25, 0.3) is 0 Å². The molecule has 13 heavy (non-hydrogen) atoms. The van der Waals surface area contributed by atoms with Crippen LogP contribution in [0.2, 0.25) is 5.02 Å². The molecule has 3 heteroatoms. The van der Waals surface area contributed by atoms with Gasteiger partial charge in [-0.15, -0.1) is 0 Å². The van der Waals surface area contributed by atoms with Crippen LogP contribution >= 0.6 is 11.6 Å². The minimum absolute atomic E-state index is 0.465. The number of rotatable bonds is 1. The van der Waals surface area contributed by atoms with Gasteiger partial charge in [-0.25, -0.2) is 0 Å². The largest absolute Gasteiger partial charge is 0.494 e. The van der Waals surface area contributed by atoms with Crippen LogP contribution in [0.25, 0.3) is 0 Å². The number of nitriles is 1. The molecule has 68 valence electrons. The maximum atomic E-state index is 8.89. The molecule has 0 bridgehead atoms. The Balaban J connectivity index is 3.53. The molecule has 2 nitrogen and oxygen atoms in total. The van der Waals surface area contributed by atoms with E-state index in [1.165, 1.54) is 7.11 Å². The smallest absolute Gasteiger partial charge is 0.155 e. The van der Waals surface area contributed by atoms with Crippen molar-refractivity contribution in [3.05, 3.63) is 27.8 Å². The summed E-state index contributed by atoms with van der Waals surface area (Å²) in [6.07, 6.45) is 0. The second-order valence-corrected chi connectivity index (χ2v) is 3.23. The molecule has 0 atom stereocenters. The van der Waals surface area contributed by atoms with Gasteiger partial charge < -0.3 is 4.74 Å². The van der Waals surface area contributed by atoms with Crippen LogP contribution < -0.4 is 4.74 Å². The molecule has 0 fully saturated rings. The third kappa shape index (κ3) is 1.61. The van der Waals surface area contributed by atoms with E-state index < -0.39 is 0 Å². The predicted octanol–water partition coefficient (Wildman–Crippen LogP) is 2.84. The molecule has 0 aliphatic rings. The standard InChI is InChI=1S/C10H10ClNO/c1-6-4-9(11)10(13-3)8(5-12)7(6)2/h4H,1-3H3. The Morgan fingerprint density at radius 3 is 2.54 bits per heavy atom. The number of aryl methyl sites for hydroxylation is 1. The summed E-state index contributed by atoms with van der Waals surface area (Å²) in [4.78, 5) is 0. The number of nitrogens with zero attached hydrogens (tertiary/aromatic N) is 1. The third-order valence-corrected chi connectivity index (χ3v) is 2.35. The zero-order chi connectivity index (χ0) is 10.0. The Kier molecular flexibility index (Phi) is 2.79. The van der Waals surface area contributed by atoms with Crippen LogP contribution in [-0.4, -0.2) is 7.11 Å². The molecule has 0 saturated heterocycles. The van der Waals surface area contributed by atoms with E-state index >= 15 is 0 Å². The number of ether oxygens (including phenoxy) is 1. The van der Waals surface area contributed by atoms with Crippen LogP contribution in [0.1, 0.15) is 16.7 Å². The van der Waals surface area contributed by atoms with Crippen molar-refractivity contribution >= 4 is 11.6 Å². The Bertz CT molecular complexity index is 379. The summed E-state index contributed by atoms with van der Waals surface area (Å²) < 4.78 is 5.05. The molecule has 0 aliphatic heterocycles. The second-order valence-electron chi connectivity index (χ2n) is 2.82. The molecule has 0 spiro atoms. The number of hydrogen-bond donors (Lipinski definition) is 0. The monoisotopic (exact) mass is 195 g/mol. The molecule has 0 aromatic heterocycles. The summed E-state index contributed by atoms with van der Waals surface area (Å²) in [5.41, 5.74) is 2.44. The minimum Gasteiger partial charge on any atom is -0.494 e. The van der Waals surface area contributed by atoms with Crippen LogP contribution in [0.4, 0.5) is 0 Å². The molecule has 0 saturated carbocycles. The van der Waals surface area contributed by atoms with Crippen LogP contribution in [0.15, 0.2) is 6.07 Å². The molecule has 1 rings (SSSR count). The van der Waals surface area contributed by atoms with Gasteiger partial charge in [0, 0.05) is 0 Å². The number of benzene rings is 1. The van der Waals surface area contributed by atoms with Crippen LogP contribution in [-0.2, 0) is 0 Å². The molecule has 1 aromatic rings. The number of halogens is 1. The summed E-state index contributed by atoms with van der Waals surface area (Å²) >= 11 is 5.91. The van der Waals surface area contributed by atoms with Crippen LogP contribution in [0, 0.1) is 25.2 Å². The molecule has 0 amide bonds. The fraction of sp³-hybridized carbons (Fsp3) is 0.300. The SMILES string of the molecule is COc1c(Cl)cc(C)c(C)c1C#N. The van der Waals surface area contributed by atoms with Crippen molar-refractivity contribution < 1.29 is 4.74 Å². The second kappa shape index (κ2) is 3.68. The van der Waals surface area contributed by atoms with E-state index in [9.17, 15) is 0 Å². The van der Waals surface area contributed by atoms with E-state index in [4.69, 9.17) is 21.6 Å². The molecule has 0 unspecified atom stereocenters. The van der Waals surface area contributed by atoms with Crippen molar-refractivity contribution in [2.24, 2.45) is 0 Å². The predicted molar refractivity (Wildman–Crippen MR) is 52.2 cm³/mol. The highest BCUT2D eigenvalue weighted by atomic mass is 35.5. The van der Waals surface area contributed by atoms with E-state index in [1.807, 2.05) is 13.8 Å². The summed E-state index contributed by atoms with van der Waals surface area (Å²) in [6.45, 7) is 3.80. The molecule has 0 N–H and O–H groups in total. The van der Waals surface area contributed by atoms with E-state index in [0.29, 0.717) is 16.3 Å². The van der Waals surface area contributed by atoms with Gasteiger partial charge >= 0.3 is 0 Å². The molecular formula is C10H10ClNO. The normalized spacial score (nSPS) is 9.46. The number of methoxy groups -OCH3 is 1. The van der Waals surface area contributed by atoms with E-state index in [0.717, 1.165) is 11.1 Å². The van der Waals surface area contributed by atoms with E-state index in [2.05, 4.69) is 6.07 Å². The Labute approximate surface area is 82.7 Å². The van der Waals surface area contributed by atoms with Gasteiger partial charge in [-0.3, -0.25) is 0 Å². The molecule has 0 radical (unpaired) electrons. The van der Waals surface area contributed by atoms with E-state index in [-0.39, 0.29) is 0 Å². The highest BCUT2D eigenvalue weighted by Crippen LogP contribution is 2.32. The molecular weight excluding hydrogens is 186 g/mol. The first-order valence-electron chi connectivity index (χ1n) is 3.85. The lowest BCUT2D eigenvalue weighted by molar-refractivity contribution is 0.413. The summed E-state index contributed by atoms with van der Waals surface area (Å²) in [7, 11) is 1.51. The fourth-order valence-corrected chi connectivity index (χ4v) is 1.52. The van der Waals surface area contributed by atoms with Gasteiger partial charge in [0.15, 0.2) is 5.75 Å². The Morgan fingerprint density at radius 1 is 1.46 bits per heavy atom. The lowest BCUT2D eigenvalue weighted by Crippen LogP contribution is -1.94. The highest BCUT2D eigenvalue weighted by molar-refractivity contribution is 6.32. The van der Waals surface area contributed by atoms with Crippen molar-refractivity contribution in [1.29, 1.82) is 5.26 Å². The van der Waals surface area contributed by atoms with Crippen LogP contribution in [0.5, 0.6) is 5.75 Å².